The Morgan fingerprint density at radius 3 is 1.58 bits per heavy atom. The highest BCUT2D eigenvalue weighted by atomic mass is 16.5. The lowest BCUT2D eigenvalue weighted by Gasteiger charge is -2.18. The van der Waals surface area contributed by atoms with Crippen molar-refractivity contribution in [3.8, 4) is 0 Å². The Morgan fingerprint density at radius 1 is 0.542 bits per heavy atom. The molecule has 6 heteroatoms. The van der Waals surface area contributed by atoms with Crippen LogP contribution in [0.3, 0.4) is 0 Å². The SMILES string of the molecule is CCCCC/C=C\C/C=C\CCCCCCCC(=O)OC(CCC/C=C\CCCCCCCC)CCCCCCCC(=O)NCC(=O)O. The second-order valence-electron chi connectivity index (χ2n) is 13.5. The average molecular weight is 674 g/mol. The molecule has 0 aliphatic rings. The van der Waals surface area contributed by atoms with E-state index in [1.807, 2.05) is 0 Å². The highest BCUT2D eigenvalue weighted by Gasteiger charge is 2.14. The first-order chi connectivity index (χ1) is 23.5. The number of esters is 1. The third kappa shape index (κ3) is 36.5. The van der Waals surface area contributed by atoms with Crippen molar-refractivity contribution in [3.63, 3.8) is 0 Å². The molecule has 6 nitrogen and oxygen atoms in total. The molecule has 2 N–H and O–H groups in total. The number of aliphatic carboxylic acids is 1. The molecule has 0 rings (SSSR count). The smallest absolute Gasteiger partial charge is 0.322 e. The van der Waals surface area contributed by atoms with Crippen molar-refractivity contribution in [2.24, 2.45) is 0 Å². The van der Waals surface area contributed by atoms with Gasteiger partial charge in [-0.05, 0) is 89.9 Å². The van der Waals surface area contributed by atoms with Crippen molar-refractivity contribution in [1.29, 1.82) is 0 Å². The van der Waals surface area contributed by atoms with Gasteiger partial charge in [0.25, 0.3) is 0 Å². The molecule has 0 spiro atoms. The second-order valence-corrected chi connectivity index (χ2v) is 13.5. The Morgan fingerprint density at radius 2 is 0.979 bits per heavy atom. The Bertz CT molecular complexity index is 834. The Kier molecular flexibility index (Phi) is 35.6. The molecular weight excluding hydrogens is 598 g/mol. The largest absolute Gasteiger partial charge is 0.480 e. The van der Waals surface area contributed by atoms with Crippen molar-refractivity contribution in [2.75, 3.05) is 6.54 Å². The van der Waals surface area contributed by atoms with Gasteiger partial charge >= 0.3 is 11.9 Å². The topological polar surface area (TPSA) is 92.7 Å². The van der Waals surface area contributed by atoms with E-state index in [2.05, 4.69) is 55.6 Å². The molecule has 0 fully saturated rings. The van der Waals surface area contributed by atoms with Crippen LogP contribution in [-0.4, -0.2) is 35.6 Å². The summed E-state index contributed by atoms with van der Waals surface area (Å²) in [4.78, 5) is 34.9. The number of carboxylic acid groups (broad SMARTS) is 1. The molecule has 0 aliphatic carbocycles. The summed E-state index contributed by atoms with van der Waals surface area (Å²) in [6.07, 6.45) is 45.4. The molecule has 0 saturated heterocycles. The number of unbranched alkanes of at least 4 members (excludes halogenated alkanes) is 19. The zero-order chi connectivity index (χ0) is 35.2. The number of allylic oxidation sites excluding steroid dienone is 6. The molecular formula is C42H75NO5. The summed E-state index contributed by atoms with van der Waals surface area (Å²) in [5, 5.41) is 11.1. The summed E-state index contributed by atoms with van der Waals surface area (Å²) in [5.74, 6) is -1.26. The number of hydrogen-bond donors (Lipinski definition) is 2. The van der Waals surface area contributed by atoms with Crippen molar-refractivity contribution >= 4 is 17.8 Å². The van der Waals surface area contributed by atoms with Crippen LogP contribution in [-0.2, 0) is 19.1 Å². The lowest BCUT2D eigenvalue weighted by molar-refractivity contribution is -0.150. The Hall–Kier alpha value is -2.37. The van der Waals surface area contributed by atoms with Crippen LogP contribution in [0.25, 0.3) is 0 Å². The minimum atomic E-state index is -1.02. The van der Waals surface area contributed by atoms with E-state index < -0.39 is 5.97 Å². The monoisotopic (exact) mass is 674 g/mol. The lowest BCUT2D eigenvalue weighted by Crippen LogP contribution is -2.28. The summed E-state index contributed by atoms with van der Waals surface area (Å²) in [6, 6.07) is 0. The van der Waals surface area contributed by atoms with Crippen LogP contribution in [0.4, 0.5) is 0 Å². The maximum atomic E-state index is 12.7. The molecule has 1 amide bonds. The van der Waals surface area contributed by atoms with Crippen molar-refractivity contribution < 1.29 is 24.2 Å². The fraction of sp³-hybridized carbons (Fsp3) is 0.786. The molecule has 0 saturated carbocycles. The van der Waals surface area contributed by atoms with Crippen LogP contribution in [0.1, 0.15) is 200 Å². The molecule has 0 bridgehead atoms. The van der Waals surface area contributed by atoms with Crippen LogP contribution in [0.15, 0.2) is 36.5 Å². The maximum Gasteiger partial charge on any atom is 0.322 e. The zero-order valence-electron chi connectivity index (χ0n) is 31.3. The van der Waals surface area contributed by atoms with Gasteiger partial charge in [0, 0.05) is 12.8 Å². The number of nitrogens with one attached hydrogen (secondary N) is 1. The predicted octanol–water partition coefficient (Wildman–Crippen LogP) is 12.1. The minimum Gasteiger partial charge on any atom is -0.480 e. The molecule has 48 heavy (non-hydrogen) atoms. The van der Waals surface area contributed by atoms with Crippen LogP contribution in [0.5, 0.6) is 0 Å². The molecule has 278 valence electrons. The predicted molar refractivity (Wildman–Crippen MR) is 203 cm³/mol. The second kappa shape index (κ2) is 37.4. The number of rotatable bonds is 36. The molecule has 1 unspecified atom stereocenters. The molecule has 0 heterocycles. The van der Waals surface area contributed by atoms with Gasteiger partial charge in [-0.3, -0.25) is 14.4 Å². The quantitative estimate of drug-likeness (QED) is 0.0392. The standard InChI is InChI=1S/C42H75NO5/c1-3-5-7-9-11-13-15-16-17-18-20-22-24-29-33-37-42(47)48-39(34-30-26-23-21-19-14-12-10-8-6-4-2)35-31-27-25-28-32-36-40(44)43-38-41(45)46/h11,13,16-17,21,23,39H,3-10,12,14-15,18-20,22,24-38H2,1-2H3,(H,43,44)(H,45,46)/b13-11-,17-16-,23-21-. The van der Waals surface area contributed by atoms with E-state index in [0.717, 1.165) is 83.5 Å². The van der Waals surface area contributed by atoms with Crippen LogP contribution in [0, 0.1) is 0 Å². The van der Waals surface area contributed by atoms with E-state index >= 15 is 0 Å². The normalized spacial score (nSPS) is 12.4. The minimum absolute atomic E-state index is 0.00997. The van der Waals surface area contributed by atoms with Crippen molar-refractivity contribution in [1.82, 2.24) is 5.32 Å². The lowest BCUT2D eigenvalue weighted by atomic mass is 10.0. The fourth-order valence-corrected chi connectivity index (χ4v) is 5.78. The summed E-state index contributed by atoms with van der Waals surface area (Å²) in [6.45, 7) is 4.18. The summed E-state index contributed by atoms with van der Waals surface area (Å²) >= 11 is 0. The maximum absolute atomic E-state index is 12.7. The number of carboxylic acids is 1. The van der Waals surface area contributed by atoms with Gasteiger partial charge in [-0.1, -0.05) is 134 Å². The van der Waals surface area contributed by atoms with Gasteiger partial charge in [-0.2, -0.15) is 0 Å². The molecule has 0 radical (unpaired) electrons. The van der Waals surface area contributed by atoms with Gasteiger partial charge < -0.3 is 15.2 Å². The van der Waals surface area contributed by atoms with Gasteiger partial charge in [0.1, 0.15) is 12.6 Å². The fourth-order valence-electron chi connectivity index (χ4n) is 5.78. The molecule has 1 atom stereocenters. The number of carbonyl (C=O) groups is 3. The summed E-state index contributed by atoms with van der Waals surface area (Å²) < 4.78 is 5.99. The van der Waals surface area contributed by atoms with Gasteiger partial charge in [0.05, 0.1) is 0 Å². The molecule has 0 aromatic heterocycles. The Balaban J connectivity index is 4.23. The van der Waals surface area contributed by atoms with E-state index in [-0.39, 0.29) is 24.5 Å². The number of ether oxygens (including phenoxy) is 1. The third-order valence-electron chi connectivity index (χ3n) is 8.78. The number of amides is 1. The molecule has 0 aliphatic heterocycles. The molecule has 0 aromatic rings. The van der Waals surface area contributed by atoms with Crippen molar-refractivity contribution in [3.05, 3.63) is 36.5 Å². The van der Waals surface area contributed by atoms with E-state index in [4.69, 9.17) is 9.84 Å². The average Bonchev–Trinajstić information content (AvgIpc) is 3.07. The zero-order valence-corrected chi connectivity index (χ0v) is 31.3. The van der Waals surface area contributed by atoms with Gasteiger partial charge in [0.2, 0.25) is 5.91 Å². The first-order valence-electron chi connectivity index (χ1n) is 20.1. The van der Waals surface area contributed by atoms with E-state index in [0.29, 0.717) is 12.8 Å². The third-order valence-corrected chi connectivity index (χ3v) is 8.78. The van der Waals surface area contributed by atoms with Gasteiger partial charge in [-0.25, -0.2) is 0 Å². The van der Waals surface area contributed by atoms with Gasteiger partial charge in [0.15, 0.2) is 0 Å². The summed E-state index contributed by atoms with van der Waals surface area (Å²) in [7, 11) is 0. The first-order valence-corrected chi connectivity index (χ1v) is 20.1. The Labute approximate surface area is 296 Å². The van der Waals surface area contributed by atoms with Crippen LogP contribution < -0.4 is 5.32 Å². The first kappa shape index (κ1) is 45.6. The highest BCUT2D eigenvalue weighted by molar-refractivity contribution is 5.80. The van der Waals surface area contributed by atoms with E-state index in [1.165, 1.54) is 89.9 Å². The van der Waals surface area contributed by atoms with E-state index in [1.54, 1.807) is 0 Å². The van der Waals surface area contributed by atoms with Crippen LogP contribution >= 0.6 is 0 Å². The van der Waals surface area contributed by atoms with Gasteiger partial charge in [-0.15, -0.1) is 0 Å². The number of hydrogen-bond acceptors (Lipinski definition) is 4. The molecule has 0 aromatic carbocycles. The van der Waals surface area contributed by atoms with E-state index in [9.17, 15) is 14.4 Å². The number of carbonyl (C=O) groups excluding carboxylic acids is 2. The summed E-state index contributed by atoms with van der Waals surface area (Å²) in [5.41, 5.74) is 0. The van der Waals surface area contributed by atoms with Crippen molar-refractivity contribution in [2.45, 2.75) is 206 Å². The van der Waals surface area contributed by atoms with Crippen LogP contribution in [0.2, 0.25) is 0 Å². The highest BCUT2D eigenvalue weighted by Crippen LogP contribution is 2.18.